The highest BCUT2D eigenvalue weighted by Gasteiger charge is 2.04. The SMILES string of the molecule is Fc1ccccc1-c1ccc2nncn2c1. The van der Waals surface area contributed by atoms with E-state index in [1.165, 1.54) is 6.07 Å². The summed E-state index contributed by atoms with van der Waals surface area (Å²) in [4.78, 5) is 0. The van der Waals surface area contributed by atoms with E-state index in [9.17, 15) is 4.39 Å². The summed E-state index contributed by atoms with van der Waals surface area (Å²) in [7, 11) is 0. The lowest BCUT2D eigenvalue weighted by Crippen LogP contribution is -1.88. The molecule has 0 aliphatic rings. The summed E-state index contributed by atoms with van der Waals surface area (Å²) in [5.74, 6) is -0.227. The molecular weight excluding hydrogens is 205 g/mol. The third-order valence-corrected chi connectivity index (χ3v) is 2.48. The van der Waals surface area contributed by atoms with Crippen LogP contribution in [-0.2, 0) is 0 Å². The quantitative estimate of drug-likeness (QED) is 0.621. The maximum absolute atomic E-state index is 13.6. The van der Waals surface area contributed by atoms with Gasteiger partial charge in [-0.25, -0.2) is 4.39 Å². The van der Waals surface area contributed by atoms with Gasteiger partial charge in [-0.1, -0.05) is 18.2 Å². The molecule has 0 bridgehead atoms. The second-order valence-corrected chi connectivity index (χ2v) is 3.49. The topological polar surface area (TPSA) is 30.2 Å². The highest BCUT2D eigenvalue weighted by Crippen LogP contribution is 2.22. The van der Waals surface area contributed by atoms with E-state index in [2.05, 4.69) is 10.2 Å². The van der Waals surface area contributed by atoms with E-state index in [1.807, 2.05) is 24.4 Å². The number of fused-ring (bicyclic) bond motifs is 1. The van der Waals surface area contributed by atoms with Crippen LogP contribution in [-0.4, -0.2) is 14.6 Å². The van der Waals surface area contributed by atoms with Crippen LogP contribution in [0.4, 0.5) is 4.39 Å². The predicted molar refractivity (Wildman–Crippen MR) is 58.4 cm³/mol. The molecule has 2 heterocycles. The molecule has 0 atom stereocenters. The van der Waals surface area contributed by atoms with Crippen LogP contribution in [0, 0.1) is 5.82 Å². The van der Waals surface area contributed by atoms with E-state index < -0.39 is 0 Å². The molecule has 2 aromatic heterocycles. The summed E-state index contributed by atoms with van der Waals surface area (Å²) in [6.45, 7) is 0. The molecule has 0 fully saturated rings. The molecule has 3 aromatic rings. The van der Waals surface area contributed by atoms with E-state index in [1.54, 1.807) is 22.9 Å². The van der Waals surface area contributed by atoms with E-state index in [-0.39, 0.29) is 5.82 Å². The molecule has 0 aliphatic carbocycles. The molecule has 0 amide bonds. The number of benzene rings is 1. The zero-order valence-electron chi connectivity index (χ0n) is 8.34. The van der Waals surface area contributed by atoms with Gasteiger partial charge < -0.3 is 0 Å². The first-order chi connectivity index (χ1) is 7.84. The zero-order chi connectivity index (χ0) is 11.0. The Morgan fingerprint density at radius 2 is 1.94 bits per heavy atom. The number of halogens is 1. The van der Waals surface area contributed by atoms with Crippen molar-refractivity contribution in [1.82, 2.24) is 14.6 Å². The maximum atomic E-state index is 13.6. The minimum atomic E-state index is -0.227. The van der Waals surface area contributed by atoms with Gasteiger partial charge in [0.15, 0.2) is 5.65 Å². The molecule has 16 heavy (non-hydrogen) atoms. The van der Waals surface area contributed by atoms with Crippen molar-refractivity contribution in [2.45, 2.75) is 0 Å². The van der Waals surface area contributed by atoms with Crippen molar-refractivity contribution >= 4 is 5.65 Å². The highest BCUT2D eigenvalue weighted by molar-refractivity contribution is 5.64. The highest BCUT2D eigenvalue weighted by atomic mass is 19.1. The lowest BCUT2D eigenvalue weighted by Gasteiger charge is -2.03. The van der Waals surface area contributed by atoms with Crippen molar-refractivity contribution in [3.05, 3.63) is 54.7 Å². The van der Waals surface area contributed by atoms with Crippen molar-refractivity contribution in [2.24, 2.45) is 0 Å². The summed E-state index contributed by atoms with van der Waals surface area (Å²) in [5, 5.41) is 7.67. The van der Waals surface area contributed by atoms with E-state index in [0.29, 0.717) is 5.56 Å². The number of rotatable bonds is 1. The molecule has 0 N–H and O–H groups in total. The Morgan fingerprint density at radius 3 is 2.81 bits per heavy atom. The van der Waals surface area contributed by atoms with Crippen LogP contribution in [0.1, 0.15) is 0 Å². The van der Waals surface area contributed by atoms with Crippen LogP contribution < -0.4 is 0 Å². The van der Waals surface area contributed by atoms with Gasteiger partial charge in [0.05, 0.1) is 0 Å². The molecule has 3 nitrogen and oxygen atoms in total. The fourth-order valence-corrected chi connectivity index (χ4v) is 1.68. The van der Waals surface area contributed by atoms with Gasteiger partial charge in [-0.3, -0.25) is 4.40 Å². The van der Waals surface area contributed by atoms with Crippen LogP contribution in [0.3, 0.4) is 0 Å². The Balaban J connectivity index is 2.22. The Labute approximate surface area is 91.2 Å². The molecule has 0 saturated carbocycles. The van der Waals surface area contributed by atoms with Crippen molar-refractivity contribution < 1.29 is 4.39 Å². The van der Waals surface area contributed by atoms with Crippen LogP contribution in [0.15, 0.2) is 48.9 Å². The van der Waals surface area contributed by atoms with E-state index >= 15 is 0 Å². The Hall–Kier alpha value is -2.23. The van der Waals surface area contributed by atoms with Gasteiger partial charge >= 0.3 is 0 Å². The van der Waals surface area contributed by atoms with Crippen molar-refractivity contribution in [2.75, 3.05) is 0 Å². The normalized spacial score (nSPS) is 10.8. The lowest BCUT2D eigenvalue weighted by atomic mass is 10.1. The summed E-state index contributed by atoms with van der Waals surface area (Å²) in [6.07, 6.45) is 3.41. The number of nitrogens with zero attached hydrogens (tertiary/aromatic N) is 3. The molecule has 0 saturated heterocycles. The minimum Gasteiger partial charge on any atom is -0.288 e. The lowest BCUT2D eigenvalue weighted by molar-refractivity contribution is 0.631. The van der Waals surface area contributed by atoms with Crippen molar-refractivity contribution in [3.63, 3.8) is 0 Å². The fourth-order valence-electron chi connectivity index (χ4n) is 1.68. The standard InChI is InChI=1S/C12H8FN3/c13-11-4-2-1-3-10(11)9-5-6-12-15-14-8-16(12)7-9/h1-8H. The molecule has 78 valence electrons. The van der Waals surface area contributed by atoms with Gasteiger partial charge in [-0.2, -0.15) is 0 Å². The van der Waals surface area contributed by atoms with Gasteiger partial charge in [-0.05, 0) is 18.2 Å². The minimum absolute atomic E-state index is 0.227. The predicted octanol–water partition coefficient (Wildman–Crippen LogP) is 2.54. The van der Waals surface area contributed by atoms with Crippen LogP contribution in [0.2, 0.25) is 0 Å². The zero-order valence-corrected chi connectivity index (χ0v) is 8.34. The van der Waals surface area contributed by atoms with Gasteiger partial charge in [0.25, 0.3) is 0 Å². The summed E-state index contributed by atoms with van der Waals surface area (Å²) < 4.78 is 15.3. The molecule has 3 rings (SSSR count). The van der Waals surface area contributed by atoms with E-state index in [0.717, 1.165) is 11.2 Å². The maximum Gasteiger partial charge on any atom is 0.160 e. The first-order valence-electron chi connectivity index (χ1n) is 4.89. The molecule has 4 heteroatoms. The molecule has 0 spiro atoms. The van der Waals surface area contributed by atoms with Gasteiger partial charge in [0.1, 0.15) is 12.1 Å². The third-order valence-electron chi connectivity index (χ3n) is 2.48. The first kappa shape index (κ1) is 9.03. The average molecular weight is 213 g/mol. The molecular formula is C12H8FN3. The second kappa shape index (κ2) is 3.41. The van der Waals surface area contributed by atoms with Crippen molar-refractivity contribution in [1.29, 1.82) is 0 Å². The smallest absolute Gasteiger partial charge is 0.160 e. The van der Waals surface area contributed by atoms with Crippen LogP contribution >= 0.6 is 0 Å². The largest absolute Gasteiger partial charge is 0.288 e. The number of pyridine rings is 1. The number of hydrogen-bond acceptors (Lipinski definition) is 2. The first-order valence-corrected chi connectivity index (χ1v) is 4.89. The van der Waals surface area contributed by atoms with Gasteiger partial charge in [-0.15, -0.1) is 10.2 Å². The fraction of sp³-hybridized carbons (Fsp3) is 0. The van der Waals surface area contributed by atoms with Crippen molar-refractivity contribution in [3.8, 4) is 11.1 Å². The Bertz CT molecular complexity index is 645. The second-order valence-electron chi connectivity index (χ2n) is 3.49. The van der Waals surface area contributed by atoms with Gasteiger partial charge in [0, 0.05) is 17.3 Å². The van der Waals surface area contributed by atoms with E-state index in [4.69, 9.17) is 0 Å². The number of aromatic nitrogens is 3. The monoisotopic (exact) mass is 213 g/mol. The summed E-state index contributed by atoms with van der Waals surface area (Å²) in [6, 6.07) is 10.3. The van der Waals surface area contributed by atoms with Crippen LogP contribution in [0.5, 0.6) is 0 Å². The van der Waals surface area contributed by atoms with Gasteiger partial charge in [0.2, 0.25) is 0 Å². The average Bonchev–Trinajstić information content (AvgIpc) is 2.76. The summed E-state index contributed by atoms with van der Waals surface area (Å²) in [5.41, 5.74) is 2.14. The number of hydrogen-bond donors (Lipinski definition) is 0. The Morgan fingerprint density at radius 1 is 1.06 bits per heavy atom. The Kier molecular flexibility index (Phi) is 1.93. The molecule has 0 aliphatic heterocycles. The molecule has 1 aromatic carbocycles. The summed E-state index contributed by atoms with van der Waals surface area (Å²) >= 11 is 0. The van der Waals surface area contributed by atoms with Crippen LogP contribution in [0.25, 0.3) is 16.8 Å². The third kappa shape index (κ3) is 1.35. The molecule has 0 unspecified atom stereocenters. The molecule has 0 radical (unpaired) electrons.